The van der Waals surface area contributed by atoms with Crippen LogP contribution < -0.4 is 4.72 Å². The molecule has 0 aliphatic rings. The summed E-state index contributed by atoms with van der Waals surface area (Å²) in [6.45, 7) is 0. The third-order valence-electron chi connectivity index (χ3n) is 2.80. The lowest BCUT2D eigenvalue weighted by Crippen LogP contribution is -2.14. The second-order valence-corrected chi connectivity index (χ2v) is 6.79. The van der Waals surface area contributed by atoms with Crippen molar-refractivity contribution in [3.63, 3.8) is 0 Å². The highest BCUT2D eigenvalue weighted by atomic mass is 79.9. The van der Waals surface area contributed by atoms with Gasteiger partial charge in [0.1, 0.15) is 10.7 Å². The maximum absolute atomic E-state index is 13.0. The van der Waals surface area contributed by atoms with Crippen LogP contribution >= 0.6 is 15.9 Å². The number of hydrogen-bond acceptors (Lipinski definition) is 3. The Bertz CT molecular complexity index is 891. The molecular formula is C13H9BrFN3O2S. The summed E-state index contributed by atoms with van der Waals surface area (Å²) < 4.78 is 40.1. The fourth-order valence-corrected chi connectivity index (χ4v) is 3.89. The number of nitrogens with zero attached hydrogens (tertiary/aromatic N) is 1. The van der Waals surface area contributed by atoms with Crippen molar-refractivity contribution in [3.05, 3.63) is 52.8 Å². The number of aromatic nitrogens is 2. The van der Waals surface area contributed by atoms with E-state index in [1.807, 2.05) is 6.07 Å². The molecule has 8 heteroatoms. The van der Waals surface area contributed by atoms with Crippen molar-refractivity contribution in [3.8, 4) is 0 Å². The van der Waals surface area contributed by atoms with Gasteiger partial charge in [-0.2, -0.15) is 0 Å². The number of halogens is 2. The summed E-state index contributed by atoms with van der Waals surface area (Å²) >= 11 is 3.04. The minimum atomic E-state index is -3.87. The molecule has 0 amide bonds. The van der Waals surface area contributed by atoms with E-state index < -0.39 is 15.8 Å². The lowest BCUT2D eigenvalue weighted by Gasteiger charge is -2.07. The van der Waals surface area contributed by atoms with Gasteiger partial charge in [-0.3, -0.25) is 0 Å². The number of fused-ring (bicyclic) bond motifs is 1. The monoisotopic (exact) mass is 369 g/mol. The zero-order chi connectivity index (χ0) is 15.0. The summed E-state index contributed by atoms with van der Waals surface area (Å²) in [7, 11) is -3.87. The van der Waals surface area contributed by atoms with Crippen molar-refractivity contribution in [2.24, 2.45) is 0 Å². The van der Waals surface area contributed by atoms with E-state index in [9.17, 15) is 12.8 Å². The molecule has 2 aromatic carbocycles. The number of H-pyrrole nitrogens is 1. The maximum Gasteiger partial charge on any atom is 0.265 e. The second-order valence-electron chi connectivity index (χ2n) is 4.28. The summed E-state index contributed by atoms with van der Waals surface area (Å²) in [5.41, 5.74) is 1.36. The molecule has 0 spiro atoms. The van der Waals surface area contributed by atoms with E-state index in [0.29, 0.717) is 11.0 Å². The smallest absolute Gasteiger partial charge is 0.265 e. The first-order valence-electron chi connectivity index (χ1n) is 5.88. The molecule has 21 heavy (non-hydrogen) atoms. The third kappa shape index (κ3) is 2.77. The van der Waals surface area contributed by atoms with Gasteiger partial charge in [0.25, 0.3) is 10.0 Å². The molecule has 0 unspecified atom stereocenters. The predicted molar refractivity (Wildman–Crippen MR) is 81.0 cm³/mol. The van der Waals surface area contributed by atoms with Gasteiger partial charge < -0.3 is 4.98 Å². The molecule has 0 fully saturated rings. The van der Waals surface area contributed by atoms with Crippen molar-refractivity contribution in [1.29, 1.82) is 0 Å². The Morgan fingerprint density at radius 2 is 1.95 bits per heavy atom. The van der Waals surface area contributed by atoms with Crippen molar-refractivity contribution in [1.82, 2.24) is 9.97 Å². The number of imidazole rings is 1. The topological polar surface area (TPSA) is 74.8 Å². The lowest BCUT2D eigenvalue weighted by atomic mass is 10.3. The van der Waals surface area contributed by atoms with Crippen LogP contribution in [0.3, 0.4) is 0 Å². The number of aromatic amines is 1. The van der Waals surface area contributed by atoms with Gasteiger partial charge in [0, 0.05) is 4.47 Å². The highest BCUT2D eigenvalue weighted by molar-refractivity contribution is 9.10. The number of nitrogens with one attached hydrogen (secondary N) is 2. The number of anilines is 1. The number of para-hydroxylation sites is 2. The number of sulfonamides is 1. The molecule has 0 saturated heterocycles. The molecule has 5 nitrogen and oxygen atoms in total. The van der Waals surface area contributed by atoms with E-state index in [4.69, 9.17) is 0 Å². The van der Waals surface area contributed by atoms with Crippen LogP contribution in [-0.2, 0) is 10.0 Å². The molecule has 3 rings (SSSR count). The summed E-state index contributed by atoms with van der Waals surface area (Å²) in [6, 6.07) is 10.5. The van der Waals surface area contributed by atoms with Gasteiger partial charge in [0.2, 0.25) is 5.95 Å². The predicted octanol–water partition coefficient (Wildman–Crippen LogP) is 3.27. The fourth-order valence-electron chi connectivity index (χ4n) is 1.88. The summed E-state index contributed by atoms with van der Waals surface area (Å²) in [5.74, 6) is -0.419. The van der Waals surface area contributed by atoms with Crippen LogP contribution in [-0.4, -0.2) is 18.4 Å². The van der Waals surface area contributed by atoms with E-state index in [-0.39, 0.29) is 15.3 Å². The Morgan fingerprint density at radius 1 is 1.19 bits per heavy atom. The molecule has 0 bridgehead atoms. The van der Waals surface area contributed by atoms with Crippen LogP contribution in [0.4, 0.5) is 10.3 Å². The zero-order valence-corrected chi connectivity index (χ0v) is 12.9. The lowest BCUT2D eigenvalue weighted by molar-refractivity contribution is 0.598. The standard InChI is InChI=1S/C13H9BrFN3O2S/c14-9-7-8(15)5-6-12(9)21(19,20)18-13-16-10-3-1-2-4-11(10)17-13/h1-7H,(H2,16,17,18). The quantitative estimate of drug-likeness (QED) is 0.743. The Balaban J connectivity index is 1.99. The van der Waals surface area contributed by atoms with E-state index in [0.717, 1.165) is 12.1 Å². The molecule has 1 aromatic heterocycles. The average molecular weight is 370 g/mol. The van der Waals surface area contributed by atoms with Gasteiger partial charge in [-0.05, 0) is 46.3 Å². The number of hydrogen-bond donors (Lipinski definition) is 2. The summed E-state index contributed by atoms with van der Waals surface area (Å²) in [4.78, 5) is 6.93. The minimum Gasteiger partial charge on any atom is -0.323 e. The van der Waals surface area contributed by atoms with Gasteiger partial charge >= 0.3 is 0 Å². The van der Waals surface area contributed by atoms with Crippen LogP contribution in [0.2, 0.25) is 0 Å². The number of benzene rings is 2. The Morgan fingerprint density at radius 3 is 2.67 bits per heavy atom. The van der Waals surface area contributed by atoms with Gasteiger partial charge in [-0.25, -0.2) is 22.5 Å². The highest BCUT2D eigenvalue weighted by Crippen LogP contribution is 2.25. The number of rotatable bonds is 3. The second kappa shape index (κ2) is 5.12. The Labute approximate surface area is 128 Å². The first kappa shape index (κ1) is 14.0. The zero-order valence-electron chi connectivity index (χ0n) is 10.5. The molecule has 0 aliphatic heterocycles. The van der Waals surface area contributed by atoms with Gasteiger partial charge in [-0.15, -0.1) is 0 Å². The summed E-state index contributed by atoms with van der Waals surface area (Å²) in [6.07, 6.45) is 0. The van der Waals surface area contributed by atoms with Crippen molar-refractivity contribution >= 4 is 42.9 Å². The average Bonchev–Trinajstić information content (AvgIpc) is 2.79. The van der Waals surface area contributed by atoms with E-state index in [1.165, 1.54) is 6.07 Å². The SMILES string of the molecule is O=S(=O)(Nc1nc2ccccc2[nH]1)c1ccc(F)cc1Br. The van der Waals surface area contributed by atoms with E-state index in [1.54, 1.807) is 18.2 Å². The van der Waals surface area contributed by atoms with Gasteiger partial charge in [-0.1, -0.05) is 12.1 Å². The normalized spacial score (nSPS) is 11.7. The molecule has 0 saturated carbocycles. The van der Waals surface area contributed by atoms with E-state index >= 15 is 0 Å². The van der Waals surface area contributed by atoms with Crippen molar-refractivity contribution in [2.45, 2.75) is 4.90 Å². The first-order chi connectivity index (χ1) is 9.95. The van der Waals surface area contributed by atoms with Gasteiger partial charge in [0.15, 0.2) is 0 Å². The first-order valence-corrected chi connectivity index (χ1v) is 8.16. The highest BCUT2D eigenvalue weighted by Gasteiger charge is 2.19. The molecule has 0 aliphatic carbocycles. The molecule has 1 heterocycles. The van der Waals surface area contributed by atoms with Crippen molar-refractivity contribution in [2.75, 3.05) is 4.72 Å². The molecular weight excluding hydrogens is 361 g/mol. The Kier molecular flexibility index (Phi) is 3.42. The van der Waals surface area contributed by atoms with Gasteiger partial charge in [0.05, 0.1) is 11.0 Å². The van der Waals surface area contributed by atoms with Crippen LogP contribution in [0.25, 0.3) is 11.0 Å². The van der Waals surface area contributed by atoms with E-state index in [2.05, 4.69) is 30.6 Å². The molecule has 0 radical (unpaired) electrons. The fraction of sp³-hybridized carbons (Fsp3) is 0. The van der Waals surface area contributed by atoms with Crippen LogP contribution in [0.5, 0.6) is 0 Å². The molecule has 3 aromatic rings. The maximum atomic E-state index is 13.0. The summed E-state index contributed by atoms with van der Waals surface area (Å²) in [5, 5.41) is 0. The van der Waals surface area contributed by atoms with Crippen LogP contribution in [0.15, 0.2) is 51.8 Å². The molecule has 2 N–H and O–H groups in total. The minimum absolute atomic E-state index is 0.0654. The van der Waals surface area contributed by atoms with Crippen molar-refractivity contribution < 1.29 is 12.8 Å². The Hall–Kier alpha value is -1.93. The largest absolute Gasteiger partial charge is 0.323 e. The molecule has 108 valence electrons. The third-order valence-corrected chi connectivity index (χ3v) is 5.12. The molecule has 0 atom stereocenters. The van der Waals surface area contributed by atoms with Crippen LogP contribution in [0.1, 0.15) is 0 Å². The van der Waals surface area contributed by atoms with Crippen LogP contribution in [0, 0.1) is 5.82 Å².